The van der Waals surface area contributed by atoms with E-state index in [-0.39, 0.29) is 46.3 Å². The highest BCUT2D eigenvalue weighted by molar-refractivity contribution is 5.90. The van der Waals surface area contributed by atoms with Crippen molar-refractivity contribution in [1.29, 1.82) is 0 Å². The van der Waals surface area contributed by atoms with Gasteiger partial charge < -0.3 is 19.3 Å². The average Bonchev–Trinajstić information content (AvgIpc) is 0.763. The second kappa shape index (κ2) is 43.2. The summed E-state index contributed by atoms with van der Waals surface area (Å²) in [6.07, 6.45) is 15.1. The number of benzene rings is 10. The van der Waals surface area contributed by atoms with E-state index in [0.29, 0.717) is 44.2 Å². The molecule has 14 heteroatoms. The Kier molecular flexibility index (Phi) is 32.9. The van der Waals surface area contributed by atoms with Gasteiger partial charge in [-0.05, 0) is 215 Å². The quantitative estimate of drug-likeness (QED) is 0.0663. The van der Waals surface area contributed by atoms with Gasteiger partial charge in [-0.25, -0.2) is 0 Å². The number of carbonyl (C=O) groups excluding carboxylic acids is 9. The Morgan fingerprint density at radius 3 is 0.850 bits per heavy atom. The van der Waals surface area contributed by atoms with E-state index in [0.717, 1.165) is 78.9 Å². The first-order chi connectivity index (χ1) is 54.9. The molecule has 1 N–H and O–H groups in total. The minimum absolute atomic E-state index is 0.0707. The summed E-state index contributed by atoms with van der Waals surface area (Å²) in [7, 11) is 0. The van der Waals surface area contributed by atoms with E-state index in [9.17, 15) is 9.90 Å². The Balaban J connectivity index is 0.000000181. The smallest absolute Gasteiger partial charge is 0.373 e. The molecule has 4 fully saturated rings. The third-order valence-corrected chi connectivity index (χ3v) is 21.8. The molecule has 14 nitrogen and oxygen atoms in total. The maximum atomic E-state index is 11.9. The Morgan fingerprint density at radius 2 is 0.593 bits per heavy atom. The molecule has 4 aliphatic carbocycles. The lowest BCUT2D eigenvalue weighted by atomic mass is 9.56. The minimum Gasteiger partial charge on any atom is -0.508 e. The molecule has 0 radical (unpaired) electrons. The Bertz CT molecular complexity index is 4640. The van der Waals surface area contributed by atoms with Gasteiger partial charge >= 0.3 is 24.6 Å². The molecule has 15 rings (SSSR count). The highest BCUT2D eigenvalue weighted by atomic mass is 16.5. The number of hydrogen-bond acceptors (Lipinski definition) is 14. The molecule has 4 saturated carbocycles. The van der Waals surface area contributed by atoms with Gasteiger partial charge in [-0.2, -0.15) is 38.4 Å². The van der Waals surface area contributed by atoms with Crippen molar-refractivity contribution in [3.05, 3.63) is 375 Å². The molecule has 10 aromatic carbocycles. The van der Waals surface area contributed by atoms with Crippen molar-refractivity contribution < 1.29 is 62.5 Å². The number of aryl methyl sites for hydroxylation is 4. The monoisotopic (exact) mass is 1510 g/mol. The number of carbonyl (C=O) groups is 1. The first-order valence-electron chi connectivity index (χ1n) is 38.4. The van der Waals surface area contributed by atoms with Crippen molar-refractivity contribution in [2.45, 2.75) is 160 Å². The Labute approximate surface area is 664 Å². The zero-order valence-corrected chi connectivity index (χ0v) is 65.3. The maximum Gasteiger partial charge on any atom is 0.373 e. The van der Waals surface area contributed by atoms with Gasteiger partial charge in [0.05, 0.1) is 5.69 Å². The second-order valence-electron chi connectivity index (χ2n) is 29.2. The van der Waals surface area contributed by atoms with E-state index in [4.69, 9.17) is 52.6 Å². The first kappa shape index (κ1) is 86.1. The van der Waals surface area contributed by atoms with Gasteiger partial charge in [0, 0.05) is 40.7 Å². The molecule has 0 bridgehead atoms. The molecule has 0 atom stereocenters. The number of allylic oxidation sites excluding steroid dienone is 1. The summed E-state index contributed by atoms with van der Waals surface area (Å²) in [5, 5.41) is 9.50. The van der Waals surface area contributed by atoms with Gasteiger partial charge in [0.25, 0.3) is 0 Å². The molecular weight excluding hydrogens is 1410 g/mol. The number of Topliss-reactive ketones (excluding diaryl/α,β-unsaturated/α-hetero) is 1. The standard InChI is InChI=1S/C26H26O.C25H27NO.C25H24O2.C19H22O.4CO2/c1-3-21-9-11-23(12-10-21)26(17-20(2)18-26)24-13-15-25(16-14-24)27-19-22-7-5-4-6-8-22;1-3-20-7-9-21(10-8-20)25(16-19(2)17-25)22-11-13-24(14-12-22)27-18-23-6-4-5-15-26-23;1-2-19-8-10-21(11-9-19)25(16-23(26)17-25)22-12-14-24(15-13-22)27-18-20-6-4-3-5-7-20;1-3-15-4-6-16(7-5-15)19(12-14(2)13-19)17-8-10-18(20)11-9-17;4*2-1-3/h4-16H,2-3,17-19H2,1H3;4-15,19H,3,16-18H2,1-2H3;3-15H,2,16-18H2,1H3;4-11,14,20H,3,12-13H2,1-2H3;;;;. The van der Waals surface area contributed by atoms with Crippen molar-refractivity contribution in [2.24, 2.45) is 11.8 Å². The van der Waals surface area contributed by atoms with Crippen LogP contribution in [0, 0.1) is 11.8 Å². The van der Waals surface area contributed by atoms with Crippen LogP contribution in [0.3, 0.4) is 0 Å². The number of phenolic OH excluding ortho intramolecular Hbond substituents is 1. The van der Waals surface area contributed by atoms with E-state index >= 15 is 0 Å². The number of pyridine rings is 1. The second-order valence-corrected chi connectivity index (χ2v) is 29.2. The summed E-state index contributed by atoms with van der Waals surface area (Å²) in [6.45, 7) is 19.3. The average molecular weight is 1510 g/mol. The van der Waals surface area contributed by atoms with Gasteiger partial charge in [-0.3, -0.25) is 9.78 Å². The van der Waals surface area contributed by atoms with Gasteiger partial charge in [-0.1, -0.05) is 266 Å². The zero-order valence-electron chi connectivity index (χ0n) is 65.3. The van der Waals surface area contributed by atoms with Gasteiger partial charge in [0.15, 0.2) is 0 Å². The maximum absolute atomic E-state index is 11.9. The fraction of sp³-hybridized carbons (Fsp3) is 0.273. The lowest BCUT2D eigenvalue weighted by Gasteiger charge is -2.48. The number of hydrogen-bond donors (Lipinski definition) is 1. The van der Waals surface area contributed by atoms with Crippen LogP contribution in [0.5, 0.6) is 23.0 Å². The predicted octanol–water partition coefficient (Wildman–Crippen LogP) is 20.2. The number of phenols is 1. The zero-order chi connectivity index (χ0) is 81.1. The van der Waals surface area contributed by atoms with Crippen LogP contribution in [0.4, 0.5) is 0 Å². The van der Waals surface area contributed by atoms with Crippen LogP contribution in [0.2, 0.25) is 0 Å². The highest BCUT2D eigenvalue weighted by Crippen LogP contribution is 2.55. The Morgan fingerprint density at radius 1 is 0.336 bits per heavy atom. The van der Waals surface area contributed by atoms with Crippen molar-refractivity contribution in [1.82, 2.24) is 4.98 Å². The number of ketones is 1. The molecule has 0 saturated heterocycles. The van der Waals surface area contributed by atoms with Gasteiger partial charge in [0.1, 0.15) is 48.6 Å². The normalized spacial score (nSPS) is 17.2. The summed E-state index contributed by atoms with van der Waals surface area (Å²) in [5.74, 6) is 4.89. The SMILES string of the molecule is C=C1CC(c2ccc(CC)cc2)(c2ccc(OCc3ccccc3)cc2)C1.CCc1ccc(C2(c3ccc(O)cc3)CC(C)C2)cc1.CCc1ccc(C2(c3ccc(OCc4ccccc4)cc3)CC(=O)C2)cc1.CCc1ccc(C2(c3ccc(OCc4ccccn4)cc3)CC(C)C2)cc1.O=C=O.O=C=O.O=C=O.O=C=O. The van der Waals surface area contributed by atoms with E-state index < -0.39 is 0 Å². The summed E-state index contributed by atoms with van der Waals surface area (Å²) in [5.41, 5.74) is 21.1. The molecule has 0 unspecified atom stereocenters. The first-order valence-corrected chi connectivity index (χ1v) is 38.4. The number of aromatic hydroxyl groups is 1. The Hall–Kier alpha value is -12.5. The summed E-state index contributed by atoms with van der Waals surface area (Å²) in [4.78, 5) is 81.2. The van der Waals surface area contributed by atoms with Crippen molar-refractivity contribution in [3.63, 3.8) is 0 Å². The summed E-state index contributed by atoms with van der Waals surface area (Å²) in [6, 6.07) is 95.8. The fourth-order valence-corrected chi connectivity index (χ4v) is 15.9. The topological polar surface area (TPSA) is 214 Å². The molecular formula is C99H99NO13. The van der Waals surface area contributed by atoms with E-state index in [1.165, 1.54) is 104 Å². The number of nitrogens with zero attached hydrogens (tertiary/aromatic N) is 1. The van der Waals surface area contributed by atoms with Crippen molar-refractivity contribution in [3.8, 4) is 23.0 Å². The predicted molar refractivity (Wildman–Crippen MR) is 433 cm³/mol. The third-order valence-electron chi connectivity index (χ3n) is 21.8. The fourth-order valence-electron chi connectivity index (χ4n) is 15.9. The van der Waals surface area contributed by atoms with Gasteiger partial charge in [-0.15, -0.1) is 0 Å². The number of rotatable bonds is 21. The third kappa shape index (κ3) is 23.1. The van der Waals surface area contributed by atoms with Crippen molar-refractivity contribution >= 4 is 30.4 Å². The van der Waals surface area contributed by atoms with Crippen LogP contribution in [0.1, 0.15) is 176 Å². The van der Waals surface area contributed by atoms with Gasteiger partial charge in [0.2, 0.25) is 0 Å². The van der Waals surface area contributed by atoms with E-state index in [1.54, 1.807) is 18.3 Å². The largest absolute Gasteiger partial charge is 0.508 e. The molecule has 0 aliphatic heterocycles. The number of ether oxygens (including phenoxy) is 3. The van der Waals surface area contributed by atoms with E-state index in [1.807, 2.05) is 66.7 Å². The lowest BCUT2D eigenvalue weighted by molar-refractivity contribution is -0.193. The molecule has 11 aromatic rings. The molecule has 113 heavy (non-hydrogen) atoms. The van der Waals surface area contributed by atoms with Crippen LogP contribution < -0.4 is 14.2 Å². The van der Waals surface area contributed by atoms with Crippen LogP contribution in [-0.2, 0) is 110 Å². The van der Waals surface area contributed by atoms with E-state index in [2.05, 4.69) is 247 Å². The van der Waals surface area contributed by atoms with Crippen molar-refractivity contribution in [2.75, 3.05) is 0 Å². The molecule has 0 spiro atoms. The van der Waals surface area contributed by atoms with Crippen LogP contribution in [0.15, 0.2) is 291 Å². The molecule has 1 aromatic heterocycles. The van der Waals surface area contributed by atoms with Crippen LogP contribution in [-0.4, -0.2) is 40.5 Å². The highest BCUT2D eigenvalue weighted by Gasteiger charge is 2.48. The van der Waals surface area contributed by atoms with Crippen LogP contribution in [0.25, 0.3) is 0 Å². The molecule has 4 aliphatic rings. The molecule has 578 valence electrons. The lowest BCUT2D eigenvalue weighted by Crippen LogP contribution is -2.42. The molecule has 0 amide bonds. The summed E-state index contributed by atoms with van der Waals surface area (Å²) >= 11 is 0. The number of aromatic nitrogens is 1. The minimum atomic E-state index is -0.179. The summed E-state index contributed by atoms with van der Waals surface area (Å²) < 4.78 is 17.8. The van der Waals surface area contributed by atoms with Crippen LogP contribution >= 0.6 is 0 Å². The molecule has 1 heterocycles.